The summed E-state index contributed by atoms with van der Waals surface area (Å²) in [6, 6.07) is 14.1. The van der Waals surface area contributed by atoms with E-state index in [2.05, 4.69) is 36.9 Å². The second-order valence-electron chi connectivity index (χ2n) is 7.95. The number of para-hydroxylation sites is 1. The lowest BCUT2D eigenvalue weighted by Gasteiger charge is -2.29. The first-order chi connectivity index (χ1) is 14.6. The van der Waals surface area contributed by atoms with Crippen LogP contribution in [0.2, 0.25) is 0 Å². The van der Waals surface area contributed by atoms with Gasteiger partial charge in [0.2, 0.25) is 0 Å². The number of carbonyl (C=O) groups is 1. The average molecular weight is 408 g/mol. The number of hydrogen-bond acceptors (Lipinski definition) is 5. The minimum absolute atomic E-state index is 0.00701. The minimum atomic E-state index is -0.176. The van der Waals surface area contributed by atoms with Gasteiger partial charge in [-0.2, -0.15) is 5.10 Å². The van der Waals surface area contributed by atoms with E-state index >= 15 is 0 Å². The Balaban J connectivity index is 1.66. The fourth-order valence-electron chi connectivity index (χ4n) is 4.25. The summed E-state index contributed by atoms with van der Waals surface area (Å²) in [7, 11) is 1.67. The molecule has 158 valence electrons. The molecule has 2 aliphatic heterocycles. The molecule has 1 unspecified atom stereocenters. The summed E-state index contributed by atoms with van der Waals surface area (Å²) in [5.41, 5.74) is 5.42. The van der Waals surface area contributed by atoms with Gasteiger partial charge in [0, 0.05) is 30.6 Å². The largest absolute Gasteiger partial charge is 0.496 e. The van der Waals surface area contributed by atoms with Crippen molar-refractivity contribution >= 4 is 11.6 Å². The molecule has 6 nitrogen and oxygen atoms in total. The molecule has 1 atom stereocenters. The van der Waals surface area contributed by atoms with Gasteiger partial charge < -0.3 is 9.47 Å². The number of methoxy groups -OCH3 is 1. The van der Waals surface area contributed by atoms with E-state index in [0.717, 1.165) is 35.7 Å². The molecule has 1 saturated heterocycles. The summed E-state index contributed by atoms with van der Waals surface area (Å²) in [5, 5.41) is 6.50. The van der Waals surface area contributed by atoms with E-state index in [-0.39, 0.29) is 11.9 Å². The molecule has 0 radical (unpaired) electrons. The van der Waals surface area contributed by atoms with Crippen molar-refractivity contribution in [2.45, 2.75) is 26.3 Å². The number of aryl methyl sites for hydroxylation is 2. The van der Waals surface area contributed by atoms with Crippen LogP contribution in [0.1, 0.15) is 34.7 Å². The number of carbonyl (C=O) groups excluding carboxylic acids is 1. The lowest BCUT2D eigenvalue weighted by atomic mass is 9.95. The van der Waals surface area contributed by atoms with Gasteiger partial charge in [-0.1, -0.05) is 42.0 Å². The maximum atomic E-state index is 13.3. The lowest BCUT2D eigenvalue weighted by molar-refractivity contribution is -0.135. The Labute approximate surface area is 178 Å². The highest BCUT2D eigenvalue weighted by Gasteiger charge is 2.35. The van der Waals surface area contributed by atoms with Gasteiger partial charge in [-0.05, 0) is 25.5 Å². The van der Waals surface area contributed by atoms with Crippen molar-refractivity contribution in [2.75, 3.05) is 40.0 Å². The van der Waals surface area contributed by atoms with Crippen LogP contribution in [0.15, 0.2) is 47.6 Å². The van der Waals surface area contributed by atoms with Gasteiger partial charge >= 0.3 is 0 Å². The summed E-state index contributed by atoms with van der Waals surface area (Å²) < 4.78 is 11.0. The number of ether oxygens (including phenoxy) is 2. The highest BCUT2D eigenvalue weighted by molar-refractivity contribution is 6.04. The van der Waals surface area contributed by atoms with Crippen LogP contribution in [0, 0.1) is 13.8 Å². The normalized spacial score (nSPS) is 19.6. The van der Waals surface area contributed by atoms with Crippen LogP contribution < -0.4 is 4.74 Å². The molecule has 2 aliphatic rings. The zero-order valence-electron chi connectivity index (χ0n) is 17.9. The molecular weight excluding hydrogens is 378 g/mol. The van der Waals surface area contributed by atoms with E-state index in [9.17, 15) is 4.79 Å². The Morgan fingerprint density at radius 1 is 1.17 bits per heavy atom. The number of benzene rings is 2. The first-order valence-electron chi connectivity index (χ1n) is 10.5. The molecule has 1 fully saturated rings. The number of hydrogen-bond donors (Lipinski definition) is 0. The average Bonchev–Trinajstić information content (AvgIpc) is 3.19. The topological polar surface area (TPSA) is 54.4 Å². The zero-order chi connectivity index (χ0) is 21.1. The molecular formula is C24H29N3O3. The quantitative estimate of drug-likeness (QED) is 0.763. The number of amides is 1. The van der Waals surface area contributed by atoms with Gasteiger partial charge in [-0.25, -0.2) is 5.01 Å². The maximum Gasteiger partial charge on any atom is 0.257 e. The summed E-state index contributed by atoms with van der Waals surface area (Å²) in [6.07, 6.45) is 0.666. The number of nitrogens with zero attached hydrogens (tertiary/aromatic N) is 3. The summed E-state index contributed by atoms with van der Waals surface area (Å²) in [4.78, 5) is 15.4. The fraction of sp³-hybridized carbons (Fsp3) is 0.417. The van der Waals surface area contributed by atoms with Crippen molar-refractivity contribution in [3.8, 4) is 5.75 Å². The van der Waals surface area contributed by atoms with Crippen molar-refractivity contribution in [3.05, 3.63) is 64.7 Å². The van der Waals surface area contributed by atoms with Gasteiger partial charge in [0.05, 0.1) is 38.6 Å². The molecule has 0 N–H and O–H groups in total. The molecule has 0 saturated carbocycles. The van der Waals surface area contributed by atoms with E-state index in [0.29, 0.717) is 26.2 Å². The van der Waals surface area contributed by atoms with Gasteiger partial charge in [0.1, 0.15) is 5.75 Å². The number of hydrazone groups is 1. The van der Waals surface area contributed by atoms with E-state index in [1.165, 1.54) is 11.1 Å². The van der Waals surface area contributed by atoms with Crippen molar-refractivity contribution < 1.29 is 14.3 Å². The van der Waals surface area contributed by atoms with Crippen LogP contribution in [-0.4, -0.2) is 61.5 Å². The first-order valence-corrected chi connectivity index (χ1v) is 10.5. The molecule has 2 heterocycles. The van der Waals surface area contributed by atoms with Crippen LogP contribution in [0.5, 0.6) is 5.75 Å². The second kappa shape index (κ2) is 8.98. The van der Waals surface area contributed by atoms with Crippen LogP contribution >= 0.6 is 0 Å². The fourth-order valence-corrected chi connectivity index (χ4v) is 4.25. The molecule has 0 aliphatic carbocycles. The molecule has 0 bridgehead atoms. The standard InChI is InChI=1S/C24H29N3O3/c1-17-8-9-19(18(2)14-17)21-15-22(20-6-4-5-7-23(20)29-3)27(25-21)24(28)16-26-10-12-30-13-11-26/h4-9,14,22H,10-13,15-16H2,1-3H3. The van der Waals surface area contributed by atoms with Gasteiger partial charge in [0.25, 0.3) is 5.91 Å². The molecule has 30 heavy (non-hydrogen) atoms. The Morgan fingerprint density at radius 3 is 2.67 bits per heavy atom. The first kappa shape index (κ1) is 20.6. The third kappa shape index (κ3) is 4.25. The third-order valence-corrected chi connectivity index (χ3v) is 5.82. The highest BCUT2D eigenvalue weighted by Crippen LogP contribution is 2.38. The predicted molar refractivity (Wildman–Crippen MR) is 117 cm³/mol. The van der Waals surface area contributed by atoms with Crippen molar-refractivity contribution in [2.24, 2.45) is 5.10 Å². The van der Waals surface area contributed by atoms with Crippen LogP contribution in [0.4, 0.5) is 0 Å². The molecule has 6 heteroatoms. The Morgan fingerprint density at radius 2 is 1.93 bits per heavy atom. The van der Waals surface area contributed by atoms with E-state index < -0.39 is 0 Å². The summed E-state index contributed by atoms with van der Waals surface area (Å²) >= 11 is 0. The Bertz CT molecular complexity index is 950. The number of rotatable bonds is 5. The van der Waals surface area contributed by atoms with Gasteiger partial charge in [0.15, 0.2) is 0 Å². The summed E-state index contributed by atoms with van der Waals surface area (Å²) in [5.74, 6) is 0.788. The van der Waals surface area contributed by atoms with Crippen LogP contribution in [0.25, 0.3) is 0 Å². The van der Waals surface area contributed by atoms with Crippen molar-refractivity contribution in [1.29, 1.82) is 0 Å². The lowest BCUT2D eigenvalue weighted by Crippen LogP contribution is -2.43. The molecule has 0 spiro atoms. The molecule has 4 rings (SSSR count). The van der Waals surface area contributed by atoms with Crippen molar-refractivity contribution in [3.63, 3.8) is 0 Å². The Kier molecular flexibility index (Phi) is 6.16. The second-order valence-corrected chi connectivity index (χ2v) is 7.95. The maximum absolute atomic E-state index is 13.3. The van der Waals surface area contributed by atoms with E-state index in [1.807, 2.05) is 24.3 Å². The van der Waals surface area contributed by atoms with E-state index in [1.54, 1.807) is 12.1 Å². The van der Waals surface area contributed by atoms with E-state index in [4.69, 9.17) is 14.6 Å². The molecule has 2 aromatic rings. The van der Waals surface area contributed by atoms with Crippen LogP contribution in [0.3, 0.4) is 0 Å². The molecule has 1 amide bonds. The zero-order valence-corrected chi connectivity index (χ0v) is 17.9. The molecule has 0 aromatic heterocycles. The summed E-state index contributed by atoms with van der Waals surface area (Å²) in [6.45, 7) is 7.41. The Hall–Kier alpha value is -2.70. The van der Waals surface area contributed by atoms with Crippen molar-refractivity contribution in [1.82, 2.24) is 9.91 Å². The minimum Gasteiger partial charge on any atom is -0.496 e. The van der Waals surface area contributed by atoms with Gasteiger partial charge in [-0.3, -0.25) is 9.69 Å². The third-order valence-electron chi connectivity index (χ3n) is 5.82. The predicted octanol–water partition coefficient (Wildman–Crippen LogP) is 3.32. The molecule has 2 aromatic carbocycles. The van der Waals surface area contributed by atoms with Gasteiger partial charge in [-0.15, -0.1) is 0 Å². The smallest absolute Gasteiger partial charge is 0.257 e. The monoisotopic (exact) mass is 407 g/mol. The van der Waals surface area contributed by atoms with Crippen LogP contribution in [-0.2, 0) is 9.53 Å². The number of morpholine rings is 1. The highest BCUT2D eigenvalue weighted by atomic mass is 16.5. The SMILES string of the molecule is COc1ccccc1C1CC(c2ccc(C)cc2C)=NN1C(=O)CN1CCOCC1.